The van der Waals surface area contributed by atoms with Crippen LogP contribution in [0.3, 0.4) is 0 Å². The van der Waals surface area contributed by atoms with Crippen LogP contribution >= 0.6 is 7.82 Å². The molecule has 42 heavy (non-hydrogen) atoms. The highest BCUT2D eigenvalue weighted by molar-refractivity contribution is 7.45. The van der Waals surface area contributed by atoms with Crippen molar-refractivity contribution in [3.63, 3.8) is 0 Å². The minimum atomic E-state index is -4.56. The van der Waals surface area contributed by atoms with Crippen LogP contribution in [0.15, 0.2) is 60.8 Å². The fraction of sp³-hybridized carbons (Fsp3) is 0.667. The van der Waals surface area contributed by atoms with E-state index in [1.165, 1.54) is 0 Å². The Bertz CT molecular complexity index is 876. The average molecular weight is 611 g/mol. The number of allylic oxidation sites excluding steroid dienone is 9. The van der Waals surface area contributed by atoms with E-state index in [1.807, 2.05) is 33.3 Å². The second-order valence-corrected chi connectivity index (χ2v) is 12.9. The second-order valence-electron chi connectivity index (χ2n) is 11.4. The quantitative estimate of drug-likeness (QED) is 0.0498. The molecule has 3 unspecified atom stereocenters. The average Bonchev–Trinajstić information content (AvgIpc) is 2.92. The molecule has 0 heterocycles. The summed E-state index contributed by atoms with van der Waals surface area (Å²) in [5.74, 6) is -0.304. The Balaban J connectivity index is 4.63. The monoisotopic (exact) mass is 610 g/mol. The van der Waals surface area contributed by atoms with E-state index < -0.39 is 20.0 Å². The summed E-state index contributed by atoms with van der Waals surface area (Å²) >= 11 is 0. The third-order valence-corrected chi connectivity index (χ3v) is 7.26. The SMILES string of the molecule is CC/C=C\C/C=C\C/C=C\C/C=C\C/C=C\CC(=O)NC(COP(=O)([O-])OCC[N+](C)(C)C)C(O)CCCCCCC. The van der Waals surface area contributed by atoms with Gasteiger partial charge in [0.25, 0.3) is 7.82 Å². The summed E-state index contributed by atoms with van der Waals surface area (Å²) in [5, 5.41) is 13.5. The van der Waals surface area contributed by atoms with E-state index in [-0.39, 0.29) is 25.5 Å². The maximum Gasteiger partial charge on any atom is 0.268 e. The normalized spacial score (nSPS) is 15.9. The number of phosphoric acid groups is 1. The van der Waals surface area contributed by atoms with Crippen molar-refractivity contribution in [3.8, 4) is 0 Å². The number of rotatable bonds is 26. The van der Waals surface area contributed by atoms with Crippen molar-refractivity contribution in [1.82, 2.24) is 5.32 Å². The first-order valence-electron chi connectivity index (χ1n) is 15.6. The molecule has 0 aromatic rings. The third-order valence-electron chi connectivity index (χ3n) is 6.30. The first-order chi connectivity index (χ1) is 20.0. The Labute approximate surface area is 256 Å². The van der Waals surface area contributed by atoms with Gasteiger partial charge in [0, 0.05) is 6.42 Å². The summed E-state index contributed by atoms with van der Waals surface area (Å²) in [5.41, 5.74) is 0. The van der Waals surface area contributed by atoms with Crippen molar-refractivity contribution in [2.24, 2.45) is 0 Å². The standard InChI is InChI=1S/C33H59N2O6P/c1-6-8-10-12-13-14-15-16-17-18-19-20-21-23-25-27-33(37)34-31(32(36)26-24-22-11-9-7-2)30-41-42(38,39)40-29-28-35(3,4)5/h8,10,13-14,16-17,19-20,23,25,31-32,36H,6-7,9,11-12,15,18,21-22,24,26-30H2,1-5H3,(H-,34,37,38,39)/b10-8-,14-13-,17-16-,20-19-,25-23-. The predicted octanol–water partition coefficient (Wildman–Crippen LogP) is 6.54. The topological polar surface area (TPSA) is 108 Å². The molecule has 0 aromatic carbocycles. The van der Waals surface area contributed by atoms with Crippen molar-refractivity contribution < 1.29 is 32.9 Å². The van der Waals surface area contributed by atoms with E-state index in [2.05, 4.69) is 61.7 Å². The van der Waals surface area contributed by atoms with Crippen LogP contribution in [0.2, 0.25) is 0 Å². The number of nitrogens with one attached hydrogen (secondary N) is 1. The van der Waals surface area contributed by atoms with Crippen molar-refractivity contribution in [1.29, 1.82) is 0 Å². The maximum absolute atomic E-state index is 12.6. The van der Waals surface area contributed by atoms with E-state index >= 15 is 0 Å². The summed E-state index contributed by atoms with van der Waals surface area (Å²) in [6.07, 6.45) is 30.1. The van der Waals surface area contributed by atoms with Crippen LogP contribution in [0.5, 0.6) is 0 Å². The smallest absolute Gasteiger partial charge is 0.268 e. The van der Waals surface area contributed by atoms with Crippen LogP contribution in [-0.2, 0) is 18.4 Å². The van der Waals surface area contributed by atoms with Gasteiger partial charge in [-0.2, -0.15) is 0 Å². The molecule has 0 saturated heterocycles. The Morgan fingerprint density at radius 3 is 1.88 bits per heavy atom. The zero-order chi connectivity index (χ0) is 31.5. The van der Waals surface area contributed by atoms with Gasteiger partial charge >= 0.3 is 0 Å². The zero-order valence-corrected chi connectivity index (χ0v) is 27.8. The largest absolute Gasteiger partial charge is 0.756 e. The van der Waals surface area contributed by atoms with Gasteiger partial charge < -0.3 is 28.8 Å². The first kappa shape index (κ1) is 40.2. The minimum absolute atomic E-state index is 0.00857. The lowest BCUT2D eigenvalue weighted by molar-refractivity contribution is -0.870. The lowest BCUT2D eigenvalue weighted by Crippen LogP contribution is -2.46. The van der Waals surface area contributed by atoms with Gasteiger partial charge in [-0.15, -0.1) is 0 Å². The van der Waals surface area contributed by atoms with Crippen LogP contribution in [-0.4, -0.2) is 68.5 Å². The van der Waals surface area contributed by atoms with E-state index in [9.17, 15) is 19.4 Å². The molecule has 242 valence electrons. The van der Waals surface area contributed by atoms with Gasteiger partial charge in [0.1, 0.15) is 13.2 Å². The van der Waals surface area contributed by atoms with Crippen molar-refractivity contribution in [2.45, 2.75) is 103 Å². The zero-order valence-electron chi connectivity index (χ0n) is 26.9. The highest BCUT2D eigenvalue weighted by Crippen LogP contribution is 2.38. The minimum Gasteiger partial charge on any atom is -0.756 e. The number of phosphoric ester groups is 1. The predicted molar refractivity (Wildman–Crippen MR) is 173 cm³/mol. The molecule has 3 atom stereocenters. The molecule has 0 bridgehead atoms. The lowest BCUT2D eigenvalue weighted by atomic mass is 10.0. The number of carbonyl (C=O) groups is 1. The molecule has 8 nitrogen and oxygen atoms in total. The number of aliphatic hydroxyl groups excluding tert-OH is 1. The number of hydrogen-bond acceptors (Lipinski definition) is 6. The fourth-order valence-corrected chi connectivity index (χ4v) is 4.47. The van der Waals surface area contributed by atoms with Crippen molar-refractivity contribution in [2.75, 3.05) is 40.9 Å². The van der Waals surface area contributed by atoms with Crippen LogP contribution in [0.4, 0.5) is 0 Å². The van der Waals surface area contributed by atoms with Crippen molar-refractivity contribution >= 4 is 13.7 Å². The van der Waals surface area contributed by atoms with Crippen LogP contribution in [0.25, 0.3) is 0 Å². The van der Waals surface area contributed by atoms with Gasteiger partial charge in [-0.3, -0.25) is 9.36 Å². The summed E-state index contributed by atoms with van der Waals surface area (Å²) in [6.45, 7) is 4.37. The van der Waals surface area contributed by atoms with Gasteiger partial charge in [-0.05, 0) is 38.5 Å². The van der Waals surface area contributed by atoms with E-state index in [0.717, 1.165) is 57.8 Å². The highest BCUT2D eigenvalue weighted by atomic mass is 31.2. The van der Waals surface area contributed by atoms with E-state index in [1.54, 1.807) is 6.08 Å². The number of carbonyl (C=O) groups excluding carboxylic acids is 1. The van der Waals surface area contributed by atoms with Gasteiger partial charge in [-0.25, -0.2) is 0 Å². The molecule has 0 aliphatic heterocycles. The number of nitrogens with zero attached hydrogens (tertiary/aromatic N) is 1. The molecule has 9 heteroatoms. The second kappa shape index (κ2) is 25.7. The number of aliphatic hydroxyl groups is 1. The molecule has 0 radical (unpaired) electrons. The molecule has 2 N–H and O–H groups in total. The number of likely N-dealkylation sites (N-methyl/N-ethyl adjacent to an activating group) is 1. The lowest BCUT2D eigenvalue weighted by Gasteiger charge is -2.30. The molecular weight excluding hydrogens is 551 g/mol. The van der Waals surface area contributed by atoms with Crippen LogP contribution in [0, 0.1) is 0 Å². The molecule has 0 aliphatic rings. The summed E-state index contributed by atoms with van der Waals surface area (Å²) < 4.78 is 22.8. The highest BCUT2D eigenvalue weighted by Gasteiger charge is 2.24. The van der Waals surface area contributed by atoms with Gasteiger partial charge in [0.05, 0.1) is 39.9 Å². The molecular formula is C33H59N2O6P. The number of hydrogen-bond donors (Lipinski definition) is 2. The molecule has 0 rings (SSSR count). The summed E-state index contributed by atoms with van der Waals surface area (Å²) in [4.78, 5) is 24.8. The first-order valence-corrected chi connectivity index (χ1v) is 17.1. The summed E-state index contributed by atoms with van der Waals surface area (Å²) in [6, 6.07) is -0.851. The molecule has 1 amide bonds. The Morgan fingerprint density at radius 1 is 0.833 bits per heavy atom. The molecule has 0 spiro atoms. The van der Waals surface area contributed by atoms with Gasteiger partial charge in [0.2, 0.25) is 5.91 Å². The van der Waals surface area contributed by atoms with Gasteiger partial charge in [-0.1, -0.05) is 107 Å². The van der Waals surface area contributed by atoms with Gasteiger partial charge in [0.15, 0.2) is 0 Å². The molecule has 0 saturated carbocycles. The number of quaternary nitrogens is 1. The molecule has 0 fully saturated rings. The van der Waals surface area contributed by atoms with E-state index in [4.69, 9.17) is 9.05 Å². The number of unbranched alkanes of at least 4 members (excludes halogenated alkanes) is 4. The Morgan fingerprint density at radius 2 is 1.36 bits per heavy atom. The van der Waals surface area contributed by atoms with Crippen LogP contribution < -0.4 is 10.2 Å². The summed E-state index contributed by atoms with van der Waals surface area (Å²) in [7, 11) is 1.23. The third kappa shape index (κ3) is 27.1. The fourth-order valence-electron chi connectivity index (χ4n) is 3.75. The molecule has 0 aromatic heterocycles. The van der Waals surface area contributed by atoms with Crippen molar-refractivity contribution in [3.05, 3.63) is 60.8 Å². The maximum atomic E-state index is 12.6. The Kier molecular flexibility index (Phi) is 24.6. The van der Waals surface area contributed by atoms with Crippen LogP contribution in [0.1, 0.15) is 90.9 Å². The van der Waals surface area contributed by atoms with E-state index in [0.29, 0.717) is 23.9 Å². The molecule has 0 aliphatic carbocycles. The number of amides is 1. The Hall–Kier alpha value is -1.80.